The Morgan fingerprint density at radius 1 is 1.27 bits per heavy atom. The Morgan fingerprint density at radius 2 is 1.87 bits per heavy atom. The Balaban J connectivity index is 4.03. The summed E-state index contributed by atoms with van der Waals surface area (Å²) in [5.74, 6) is 0. The normalized spacial score (nSPS) is 16.4. The maximum Gasteiger partial charge on any atom is 0.389 e. The van der Waals surface area contributed by atoms with E-state index in [0.29, 0.717) is 13.2 Å². The van der Waals surface area contributed by atoms with Crippen LogP contribution in [0.2, 0.25) is 0 Å². The molecule has 0 aliphatic carbocycles. The molecule has 1 N–H and O–H groups in total. The number of nitrogens with one attached hydrogen (secondary N) is 1. The fourth-order valence-corrected chi connectivity index (χ4v) is 1.46. The molecule has 0 aliphatic heterocycles. The van der Waals surface area contributed by atoms with Crippen LogP contribution in [0, 0.1) is 0 Å². The summed E-state index contributed by atoms with van der Waals surface area (Å²) in [5, 5.41) is 3.01. The fourth-order valence-electron chi connectivity index (χ4n) is 1.46. The Kier molecular flexibility index (Phi) is 6.92. The maximum atomic E-state index is 12.0. The van der Waals surface area contributed by atoms with Gasteiger partial charge in [0.15, 0.2) is 0 Å². The van der Waals surface area contributed by atoms with Crippen molar-refractivity contribution in [1.82, 2.24) is 5.32 Å². The van der Waals surface area contributed by atoms with Crippen LogP contribution in [-0.4, -0.2) is 31.5 Å². The van der Waals surface area contributed by atoms with E-state index in [1.165, 1.54) is 0 Å². The van der Waals surface area contributed by atoms with E-state index in [1.807, 2.05) is 13.8 Å². The fraction of sp³-hybridized carbons (Fsp3) is 1.00. The van der Waals surface area contributed by atoms with Gasteiger partial charge in [0.25, 0.3) is 0 Å². The zero-order valence-corrected chi connectivity index (χ0v) is 9.53. The highest BCUT2D eigenvalue weighted by atomic mass is 19.4. The van der Waals surface area contributed by atoms with E-state index in [1.54, 1.807) is 6.92 Å². The summed E-state index contributed by atoms with van der Waals surface area (Å²) in [4.78, 5) is 0. The van der Waals surface area contributed by atoms with Crippen LogP contribution >= 0.6 is 0 Å². The minimum absolute atomic E-state index is 0.0680. The molecular weight excluding hydrogens is 207 g/mol. The molecule has 0 spiro atoms. The van der Waals surface area contributed by atoms with Gasteiger partial charge >= 0.3 is 6.18 Å². The van der Waals surface area contributed by atoms with E-state index >= 15 is 0 Å². The molecule has 2 nitrogen and oxygen atoms in total. The van der Waals surface area contributed by atoms with E-state index in [4.69, 9.17) is 4.74 Å². The first-order chi connectivity index (χ1) is 6.90. The van der Waals surface area contributed by atoms with Crippen molar-refractivity contribution >= 4 is 0 Å². The highest BCUT2D eigenvalue weighted by molar-refractivity contribution is 4.74. The third kappa shape index (κ3) is 7.62. The van der Waals surface area contributed by atoms with Crippen molar-refractivity contribution in [2.75, 3.05) is 13.2 Å². The van der Waals surface area contributed by atoms with Gasteiger partial charge in [0, 0.05) is 19.1 Å². The summed E-state index contributed by atoms with van der Waals surface area (Å²) in [6.45, 7) is 6.69. The maximum absolute atomic E-state index is 12.0. The van der Waals surface area contributed by atoms with Crippen molar-refractivity contribution in [2.45, 2.75) is 51.9 Å². The van der Waals surface area contributed by atoms with Crippen LogP contribution in [0.1, 0.15) is 33.6 Å². The first-order valence-electron chi connectivity index (χ1n) is 5.32. The lowest BCUT2D eigenvalue weighted by Crippen LogP contribution is -2.40. The zero-order valence-electron chi connectivity index (χ0n) is 9.53. The molecule has 5 heteroatoms. The highest BCUT2D eigenvalue weighted by Crippen LogP contribution is 2.23. The van der Waals surface area contributed by atoms with E-state index in [-0.39, 0.29) is 18.6 Å². The largest absolute Gasteiger partial charge is 0.389 e. The van der Waals surface area contributed by atoms with Crippen molar-refractivity contribution < 1.29 is 17.9 Å². The van der Waals surface area contributed by atoms with Gasteiger partial charge in [-0.3, -0.25) is 0 Å². The van der Waals surface area contributed by atoms with Crippen LogP contribution in [0.15, 0.2) is 0 Å². The van der Waals surface area contributed by atoms with Gasteiger partial charge in [-0.25, -0.2) is 0 Å². The number of hydrogen-bond acceptors (Lipinski definition) is 2. The minimum atomic E-state index is -4.08. The number of likely N-dealkylation sites (N-methyl/N-ethyl adjacent to an activating group) is 1. The standard InChI is InChI=1S/C10H20F3NO/c1-4-14-9(8(3)15-5-2)6-7-10(11,12)13/h8-9,14H,4-7H2,1-3H3. The summed E-state index contributed by atoms with van der Waals surface area (Å²) >= 11 is 0. The number of hydrogen-bond donors (Lipinski definition) is 1. The van der Waals surface area contributed by atoms with Crippen molar-refractivity contribution in [2.24, 2.45) is 0 Å². The molecule has 0 aliphatic rings. The second-order valence-electron chi connectivity index (χ2n) is 3.48. The molecule has 0 saturated carbocycles. The molecule has 15 heavy (non-hydrogen) atoms. The Labute approximate surface area is 89.2 Å². The molecule has 0 rings (SSSR count). The number of alkyl halides is 3. The molecule has 0 aromatic carbocycles. The molecular formula is C10H20F3NO. The van der Waals surface area contributed by atoms with E-state index in [2.05, 4.69) is 5.32 Å². The van der Waals surface area contributed by atoms with Crippen LogP contribution in [0.5, 0.6) is 0 Å². The second-order valence-corrected chi connectivity index (χ2v) is 3.48. The van der Waals surface area contributed by atoms with Gasteiger partial charge in [-0.05, 0) is 26.8 Å². The lowest BCUT2D eigenvalue weighted by molar-refractivity contribution is -0.138. The van der Waals surface area contributed by atoms with Crippen LogP contribution < -0.4 is 5.32 Å². The molecule has 0 bridgehead atoms. The minimum Gasteiger partial charge on any atom is -0.377 e. The summed E-state index contributed by atoms with van der Waals surface area (Å²) in [6.07, 6.45) is -4.96. The predicted molar refractivity (Wildman–Crippen MR) is 53.8 cm³/mol. The van der Waals surface area contributed by atoms with Crippen molar-refractivity contribution in [3.05, 3.63) is 0 Å². The first-order valence-corrected chi connectivity index (χ1v) is 5.32. The van der Waals surface area contributed by atoms with Crippen LogP contribution in [-0.2, 0) is 4.74 Å². The third-order valence-electron chi connectivity index (χ3n) is 2.20. The van der Waals surface area contributed by atoms with Gasteiger partial charge in [-0.1, -0.05) is 6.92 Å². The molecule has 2 atom stereocenters. The van der Waals surface area contributed by atoms with Crippen LogP contribution in [0.4, 0.5) is 13.2 Å². The van der Waals surface area contributed by atoms with E-state index in [0.717, 1.165) is 0 Å². The SMILES string of the molecule is CCNC(CCC(F)(F)F)C(C)OCC. The summed E-state index contributed by atoms with van der Waals surface area (Å²) < 4.78 is 41.4. The summed E-state index contributed by atoms with van der Waals surface area (Å²) in [7, 11) is 0. The molecule has 92 valence electrons. The number of rotatable bonds is 7. The molecule has 0 amide bonds. The summed E-state index contributed by atoms with van der Waals surface area (Å²) in [5.41, 5.74) is 0. The molecule has 0 fully saturated rings. The smallest absolute Gasteiger partial charge is 0.377 e. The molecule has 0 heterocycles. The predicted octanol–water partition coefficient (Wildman–Crippen LogP) is 2.73. The summed E-state index contributed by atoms with van der Waals surface area (Å²) in [6, 6.07) is -0.225. The van der Waals surface area contributed by atoms with Gasteiger partial charge in [0.05, 0.1) is 6.10 Å². The average molecular weight is 227 g/mol. The number of halogens is 3. The van der Waals surface area contributed by atoms with E-state index in [9.17, 15) is 13.2 Å². The molecule has 0 aromatic heterocycles. The third-order valence-corrected chi connectivity index (χ3v) is 2.20. The average Bonchev–Trinajstić information content (AvgIpc) is 2.11. The molecule has 0 radical (unpaired) electrons. The molecule has 2 unspecified atom stereocenters. The first kappa shape index (κ1) is 14.7. The number of ether oxygens (including phenoxy) is 1. The molecule has 0 saturated heterocycles. The Hall–Kier alpha value is -0.290. The monoisotopic (exact) mass is 227 g/mol. The Morgan fingerprint density at radius 3 is 2.27 bits per heavy atom. The lowest BCUT2D eigenvalue weighted by Gasteiger charge is -2.25. The van der Waals surface area contributed by atoms with Gasteiger partial charge in [-0.2, -0.15) is 13.2 Å². The van der Waals surface area contributed by atoms with Crippen LogP contribution in [0.25, 0.3) is 0 Å². The Bertz CT molecular complexity index is 161. The van der Waals surface area contributed by atoms with Gasteiger partial charge in [-0.15, -0.1) is 0 Å². The quantitative estimate of drug-likeness (QED) is 0.722. The zero-order chi connectivity index (χ0) is 11.9. The van der Waals surface area contributed by atoms with Crippen LogP contribution in [0.3, 0.4) is 0 Å². The van der Waals surface area contributed by atoms with Gasteiger partial charge in [0.2, 0.25) is 0 Å². The molecule has 0 aromatic rings. The van der Waals surface area contributed by atoms with Crippen molar-refractivity contribution in [3.8, 4) is 0 Å². The van der Waals surface area contributed by atoms with Crippen molar-refractivity contribution in [1.29, 1.82) is 0 Å². The van der Waals surface area contributed by atoms with Crippen molar-refractivity contribution in [3.63, 3.8) is 0 Å². The van der Waals surface area contributed by atoms with Gasteiger partial charge in [0.1, 0.15) is 0 Å². The van der Waals surface area contributed by atoms with E-state index < -0.39 is 12.6 Å². The highest BCUT2D eigenvalue weighted by Gasteiger charge is 2.29. The lowest BCUT2D eigenvalue weighted by atomic mass is 10.1. The van der Waals surface area contributed by atoms with Gasteiger partial charge < -0.3 is 10.1 Å². The topological polar surface area (TPSA) is 21.3 Å². The second kappa shape index (κ2) is 7.06.